The molecule has 2 rings (SSSR count). The fraction of sp³-hybridized carbons (Fsp3) is 0.556. The Morgan fingerprint density at radius 2 is 2.18 bits per heavy atom. The standard InChI is InChI=1S/C9H13BrN4O2S/c1-17(15,16)13-4-5-14(8(10)7-13)9-6-11-2-3-12-9/h2-3,6,8H,4-5,7H2,1H3. The molecule has 1 atom stereocenters. The summed E-state index contributed by atoms with van der Waals surface area (Å²) in [6.45, 7) is 1.48. The number of sulfonamides is 1. The number of anilines is 1. The second kappa shape index (κ2) is 4.87. The summed E-state index contributed by atoms with van der Waals surface area (Å²) >= 11 is 3.48. The second-order valence-electron chi connectivity index (χ2n) is 3.81. The van der Waals surface area contributed by atoms with Crippen LogP contribution in [0.5, 0.6) is 0 Å². The molecule has 0 radical (unpaired) electrons. The van der Waals surface area contributed by atoms with Crippen LogP contribution in [0.2, 0.25) is 0 Å². The highest BCUT2D eigenvalue weighted by Gasteiger charge is 2.30. The fourth-order valence-corrected chi connectivity index (χ4v) is 3.50. The average Bonchev–Trinajstić information content (AvgIpc) is 2.29. The van der Waals surface area contributed by atoms with Gasteiger partial charge in [-0.2, -0.15) is 4.31 Å². The molecule has 0 bridgehead atoms. The molecule has 6 nitrogen and oxygen atoms in total. The molecule has 1 fully saturated rings. The monoisotopic (exact) mass is 320 g/mol. The van der Waals surface area contributed by atoms with Crippen molar-refractivity contribution in [1.29, 1.82) is 0 Å². The summed E-state index contributed by atoms with van der Waals surface area (Å²) in [4.78, 5) is 10.1. The van der Waals surface area contributed by atoms with Gasteiger partial charge in [-0.1, -0.05) is 15.9 Å². The van der Waals surface area contributed by atoms with Crippen molar-refractivity contribution in [3.8, 4) is 0 Å². The summed E-state index contributed by atoms with van der Waals surface area (Å²) in [5.74, 6) is 0.752. The van der Waals surface area contributed by atoms with Gasteiger partial charge in [0.2, 0.25) is 10.0 Å². The van der Waals surface area contributed by atoms with Gasteiger partial charge in [0.25, 0.3) is 0 Å². The molecule has 1 aliphatic rings. The molecule has 94 valence electrons. The van der Waals surface area contributed by atoms with E-state index in [-0.39, 0.29) is 4.95 Å². The molecule has 0 aromatic carbocycles. The van der Waals surface area contributed by atoms with Crippen molar-refractivity contribution < 1.29 is 8.42 Å². The molecule has 0 aliphatic carbocycles. The Labute approximate surface area is 109 Å². The van der Waals surface area contributed by atoms with Crippen LogP contribution < -0.4 is 4.90 Å². The first-order valence-electron chi connectivity index (χ1n) is 5.10. The normalized spacial score (nSPS) is 22.7. The largest absolute Gasteiger partial charge is 0.340 e. The van der Waals surface area contributed by atoms with E-state index >= 15 is 0 Å². The van der Waals surface area contributed by atoms with Gasteiger partial charge < -0.3 is 4.90 Å². The molecule has 1 saturated heterocycles. The third-order valence-corrected chi connectivity index (χ3v) is 4.65. The van der Waals surface area contributed by atoms with Crippen LogP contribution in [0, 0.1) is 0 Å². The molecular formula is C9H13BrN4O2S. The molecule has 2 heterocycles. The summed E-state index contributed by atoms with van der Waals surface area (Å²) in [6, 6.07) is 0. The zero-order valence-corrected chi connectivity index (χ0v) is 11.7. The van der Waals surface area contributed by atoms with Crippen LogP contribution in [0.3, 0.4) is 0 Å². The zero-order valence-electron chi connectivity index (χ0n) is 9.32. The topological polar surface area (TPSA) is 66.4 Å². The van der Waals surface area contributed by atoms with Crippen molar-refractivity contribution >= 4 is 31.8 Å². The van der Waals surface area contributed by atoms with Gasteiger partial charge in [0, 0.05) is 32.0 Å². The third kappa shape index (κ3) is 2.93. The van der Waals surface area contributed by atoms with Gasteiger partial charge in [-0.25, -0.2) is 13.4 Å². The van der Waals surface area contributed by atoms with E-state index in [0.717, 1.165) is 5.82 Å². The molecule has 1 aromatic heterocycles. The summed E-state index contributed by atoms with van der Waals surface area (Å²) in [5.41, 5.74) is 0. The van der Waals surface area contributed by atoms with E-state index in [1.807, 2.05) is 4.90 Å². The zero-order chi connectivity index (χ0) is 12.5. The van der Waals surface area contributed by atoms with Crippen molar-refractivity contribution in [1.82, 2.24) is 14.3 Å². The lowest BCUT2D eigenvalue weighted by molar-refractivity contribution is 0.377. The van der Waals surface area contributed by atoms with Gasteiger partial charge in [0.15, 0.2) is 0 Å². The van der Waals surface area contributed by atoms with Gasteiger partial charge in [-0.05, 0) is 0 Å². The predicted octanol–water partition coefficient (Wildman–Crippen LogP) is 0.279. The lowest BCUT2D eigenvalue weighted by atomic mass is 10.3. The number of hydrogen-bond donors (Lipinski definition) is 0. The number of piperazine rings is 1. The lowest BCUT2D eigenvalue weighted by Crippen LogP contribution is -2.52. The maximum absolute atomic E-state index is 11.4. The number of aromatic nitrogens is 2. The molecule has 1 unspecified atom stereocenters. The molecule has 17 heavy (non-hydrogen) atoms. The number of rotatable bonds is 2. The van der Waals surface area contributed by atoms with E-state index in [1.165, 1.54) is 10.6 Å². The second-order valence-corrected chi connectivity index (χ2v) is 6.85. The van der Waals surface area contributed by atoms with Crippen molar-refractivity contribution in [3.05, 3.63) is 18.6 Å². The maximum Gasteiger partial charge on any atom is 0.211 e. The SMILES string of the molecule is CS(=O)(=O)N1CCN(c2cnccn2)C(Br)C1. The van der Waals surface area contributed by atoms with E-state index < -0.39 is 10.0 Å². The fourth-order valence-electron chi connectivity index (χ4n) is 1.72. The van der Waals surface area contributed by atoms with Crippen LogP contribution in [-0.4, -0.2) is 53.5 Å². The van der Waals surface area contributed by atoms with E-state index in [1.54, 1.807) is 18.6 Å². The minimum absolute atomic E-state index is 0.0809. The maximum atomic E-state index is 11.4. The molecule has 8 heteroatoms. The number of halogens is 1. The molecular weight excluding hydrogens is 308 g/mol. The molecule has 1 aromatic rings. The summed E-state index contributed by atoms with van der Waals surface area (Å²) in [7, 11) is -3.12. The Hall–Kier alpha value is -0.730. The van der Waals surface area contributed by atoms with E-state index in [0.29, 0.717) is 19.6 Å². The van der Waals surface area contributed by atoms with Crippen LogP contribution in [0.4, 0.5) is 5.82 Å². The van der Waals surface area contributed by atoms with Gasteiger partial charge in [0.05, 0.1) is 17.4 Å². The Morgan fingerprint density at radius 1 is 1.41 bits per heavy atom. The van der Waals surface area contributed by atoms with E-state index in [2.05, 4.69) is 25.9 Å². The van der Waals surface area contributed by atoms with Gasteiger partial charge in [-0.15, -0.1) is 0 Å². The summed E-state index contributed by atoms with van der Waals surface area (Å²) < 4.78 is 24.3. The lowest BCUT2D eigenvalue weighted by Gasteiger charge is -2.37. The van der Waals surface area contributed by atoms with Gasteiger partial charge in [0.1, 0.15) is 5.82 Å². The molecule has 0 saturated carbocycles. The highest BCUT2D eigenvalue weighted by Crippen LogP contribution is 2.22. The summed E-state index contributed by atoms with van der Waals surface area (Å²) in [5, 5.41) is 0. The first-order chi connectivity index (χ1) is 7.98. The van der Waals surface area contributed by atoms with Crippen LogP contribution in [-0.2, 0) is 10.0 Å². The van der Waals surface area contributed by atoms with Crippen molar-refractivity contribution in [2.24, 2.45) is 0 Å². The first-order valence-corrected chi connectivity index (χ1v) is 7.87. The van der Waals surface area contributed by atoms with Crippen molar-refractivity contribution in [3.63, 3.8) is 0 Å². The Morgan fingerprint density at radius 3 is 2.71 bits per heavy atom. The molecule has 1 aliphatic heterocycles. The Balaban J connectivity index is 2.12. The predicted molar refractivity (Wildman–Crippen MR) is 68.5 cm³/mol. The molecule has 0 N–H and O–H groups in total. The highest BCUT2D eigenvalue weighted by atomic mass is 79.9. The van der Waals surface area contributed by atoms with E-state index in [9.17, 15) is 8.42 Å². The molecule has 0 amide bonds. The minimum Gasteiger partial charge on any atom is -0.340 e. The average molecular weight is 321 g/mol. The third-order valence-electron chi connectivity index (χ3n) is 2.60. The van der Waals surface area contributed by atoms with Gasteiger partial charge >= 0.3 is 0 Å². The van der Waals surface area contributed by atoms with Gasteiger partial charge in [-0.3, -0.25) is 4.98 Å². The Kier molecular flexibility index (Phi) is 3.64. The molecule has 0 spiro atoms. The van der Waals surface area contributed by atoms with Crippen LogP contribution in [0.15, 0.2) is 18.6 Å². The summed E-state index contributed by atoms with van der Waals surface area (Å²) in [6.07, 6.45) is 6.13. The minimum atomic E-state index is -3.12. The number of alkyl halides is 1. The van der Waals surface area contributed by atoms with Crippen molar-refractivity contribution in [2.75, 3.05) is 30.8 Å². The quantitative estimate of drug-likeness (QED) is 0.578. The van der Waals surface area contributed by atoms with Crippen LogP contribution in [0.25, 0.3) is 0 Å². The van der Waals surface area contributed by atoms with Crippen molar-refractivity contribution in [2.45, 2.75) is 4.95 Å². The van der Waals surface area contributed by atoms with E-state index in [4.69, 9.17) is 0 Å². The van der Waals surface area contributed by atoms with Crippen LogP contribution in [0.1, 0.15) is 0 Å². The first kappa shape index (κ1) is 12.7. The number of hydrogen-bond acceptors (Lipinski definition) is 5. The smallest absolute Gasteiger partial charge is 0.211 e. The highest BCUT2D eigenvalue weighted by molar-refractivity contribution is 9.09. The Bertz CT molecular complexity index is 481. The van der Waals surface area contributed by atoms with Crippen LogP contribution >= 0.6 is 15.9 Å². The number of nitrogens with zero attached hydrogens (tertiary/aromatic N) is 4.